The Morgan fingerprint density at radius 2 is 1.52 bits per heavy atom. The van der Waals surface area contributed by atoms with E-state index in [0.29, 0.717) is 11.4 Å². The standard InChI is InChI=1S/C15H12BrN3O4/c1-9-8-11(4-7-13(9)16)18-15(21)14(20)17-10-2-5-12(6-3-10)19(22)23/h2-8H,1H3,(H,17,20)(H,18,21). The molecule has 0 aliphatic heterocycles. The molecule has 0 fully saturated rings. The van der Waals surface area contributed by atoms with Crippen LogP contribution < -0.4 is 10.6 Å². The summed E-state index contributed by atoms with van der Waals surface area (Å²) in [6.45, 7) is 1.86. The topological polar surface area (TPSA) is 101 Å². The van der Waals surface area contributed by atoms with Gasteiger partial charge in [0, 0.05) is 28.0 Å². The molecule has 0 bridgehead atoms. The van der Waals surface area contributed by atoms with Gasteiger partial charge >= 0.3 is 11.8 Å². The molecule has 23 heavy (non-hydrogen) atoms. The van der Waals surface area contributed by atoms with Crippen LogP contribution in [-0.4, -0.2) is 16.7 Å². The predicted molar refractivity (Wildman–Crippen MR) is 89.2 cm³/mol. The van der Waals surface area contributed by atoms with E-state index in [0.717, 1.165) is 10.0 Å². The molecule has 0 aliphatic carbocycles. The summed E-state index contributed by atoms with van der Waals surface area (Å²) in [4.78, 5) is 33.7. The maximum absolute atomic E-state index is 11.8. The molecule has 118 valence electrons. The zero-order chi connectivity index (χ0) is 17.0. The zero-order valence-corrected chi connectivity index (χ0v) is 13.6. The summed E-state index contributed by atoms with van der Waals surface area (Å²) in [5.74, 6) is -1.69. The summed E-state index contributed by atoms with van der Waals surface area (Å²) >= 11 is 3.34. The highest BCUT2D eigenvalue weighted by Gasteiger charge is 2.15. The van der Waals surface area contributed by atoms with Crippen LogP contribution >= 0.6 is 15.9 Å². The van der Waals surface area contributed by atoms with Crippen molar-refractivity contribution in [3.05, 3.63) is 62.6 Å². The first kappa shape index (κ1) is 16.6. The molecule has 0 aromatic heterocycles. The van der Waals surface area contributed by atoms with Crippen molar-refractivity contribution in [2.75, 3.05) is 10.6 Å². The smallest absolute Gasteiger partial charge is 0.314 e. The fourth-order valence-corrected chi connectivity index (χ4v) is 2.01. The third-order valence-corrected chi connectivity index (χ3v) is 3.85. The minimum atomic E-state index is -0.862. The average Bonchev–Trinajstić information content (AvgIpc) is 2.51. The number of nitrogens with one attached hydrogen (secondary N) is 2. The number of nitro benzene ring substituents is 1. The molecule has 0 atom stereocenters. The van der Waals surface area contributed by atoms with Gasteiger partial charge in [-0.2, -0.15) is 0 Å². The Balaban J connectivity index is 2.00. The van der Waals surface area contributed by atoms with Gasteiger partial charge in [0.05, 0.1) is 4.92 Å². The number of benzene rings is 2. The molecule has 2 amide bonds. The summed E-state index contributed by atoms with van der Waals surface area (Å²) in [6, 6.07) is 10.3. The molecule has 0 heterocycles. The van der Waals surface area contributed by atoms with Gasteiger partial charge in [-0.3, -0.25) is 19.7 Å². The Labute approximate surface area is 140 Å². The molecule has 0 saturated carbocycles. The van der Waals surface area contributed by atoms with Crippen molar-refractivity contribution in [1.82, 2.24) is 0 Å². The van der Waals surface area contributed by atoms with Gasteiger partial charge in [0.25, 0.3) is 5.69 Å². The Kier molecular flexibility index (Phi) is 5.07. The van der Waals surface area contributed by atoms with Crippen LogP contribution in [0.25, 0.3) is 0 Å². The molecule has 2 aromatic carbocycles. The highest BCUT2D eigenvalue weighted by atomic mass is 79.9. The lowest BCUT2D eigenvalue weighted by molar-refractivity contribution is -0.384. The molecule has 7 nitrogen and oxygen atoms in total. The van der Waals surface area contributed by atoms with Crippen LogP contribution in [0.15, 0.2) is 46.9 Å². The summed E-state index contributed by atoms with van der Waals surface area (Å²) in [7, 11) is 0. The Hall–Kier alpha value is -2.74. The maximum atomic E-state index is 11.8. The third-order valence-electron chi connectivity index (χ3n) is 2.96. The van der Waals surface area contributed by atoms with Gasteiger partial charge in [-0.25, -0.2) is 0 Å². The fourth-order valence-electron chi connectivity index (χ4n) is 1.76. The van der Waals surface area contributed by atoms with Crippen LogP contribution in [-0.2, 0) is 9.59 Å². The number of halogens is 1. The van der Waals surface area contributed by atoms with Crippen LogP contribution in [0.4, 0.5) is 17.1 Å². The van der Waals surface area contributed by atoms with Crippen molar-refractivity contribution in [3.8, 4) is 0 Å². The molecule has 0 spiro atoms. The number of anilines is 2. The number of hydrogen-bond acceptors (Lipinski definition) is 4. The monoisotopic (exact) mass is 377 g/mol. The van der Waals surface area contributed by atoms with Gasteiger partial charge in [-0.15, -0.1) is 0 Å². The van der Waals surface area contributed by atoms with Gasteiger partial charge in [0.15, 0.2) is 0 Å². The number of carbonyl (C=O) groups excluding carboxylic acids is 2. The van der Waals surface area contributed by atoms with Crippen molar-refractivity contribution in [3.63, 3.8) is 0 Å². The van der Waals surface area contributed by atoms with Crippen LogP contribution in [0, 0.1) is 17.0 Å². The normalized spacial score (nSPS) is 10.0. The number of non-ortho nitro benzene ring substituents is 1. The zero-order valence-electron chi connectivity index (χ0n) is 12.0. The van der Waals surface area contributed by atoms with E-state index in [2.05, 4.69) is 26.6 Å². The molecule has 2 N–H and O–H groups in total. The first-order valence-corrected chi connectivity index (χ1v) is 7.29. The van der Waals surface area contributed by atoms with E-state index in [1.54, 1.807) is 18.2 Å². The van der Waals surface area contributed by atoms with Gasteiger partial charge in [-0.05, 0) is 42.8 Å². The van der Waals surface area contributed by atoms with Crippen molar-refractivity contribution < 1.29 is 14.5 Å². The molecule has 0 radical (unpaired) electrons. The van der Waals surface area contributed by atoms with E-state index in [1.807, 2.05) is 6.92 Å². The van der Waals surface area contributed by atoms with Crippen LogP contribution in [0.5, 0.6) is 0 Å². The number of nitrogens with zero attached hydrogens (tertiary/aromatic N) is 1. The Morgan fingerprint density at radius 3 is 2.04 bits per heavy atom. The second kappa shape index (κ2) is 7.01. The van der Waals surface area contributed by atoms with Gasteiger partial charge in [-0.1, -0.05) is 15.9 Å². The Morgan fingerprint density at radius 1 is 1.00 bits per heavy atom. The number of aryl methyl sites for hydroxylation is 1. The second-order valence-corrected chi connectivity index (χ2v) is 5.53. The average molecular weight is 378 g/mol. The number of nitro groups is 1. The summed E-state index contributed by atoms with van der Waals surface area (Å²) in [5.41, 5.74) is 1.61. The molecule has 0 unspecified atom stereocenters. The molecular formula is C15H12BrN3O4. The van der Waals surface area contributed by atoms with Crippen molar-refractivity contribution in [2.45, 2.75) is 6.92 Å². The van der Waals surface area contributed by atoms with Crippen LogP contribution in [0.2, 0.25) is 0 Å². The minimum Gasteiger partial charge on any atom is -0.318 e. The van der Waals surface area contributed by atoms with E-state index >= 15 is 0 Å². The number of amides is 2. The molecule has 2 rings (SSSR count). The molecular weight excluding hydrogens is 366 g/mol. The van der Waals surface area contributed by atoms with E-state index in [4.69, 9.17) is 0 Å². The first-order valence-electron chi connectivity index (χ1n) is 6.50. The van der Waals surface area contributed by atoms with Crippen LogP contribution in [0.1, 0.15) is 5.56 Å². The summed E-state index contributed by atoms with van der Waals surface area (Å²) < 4.78 is 0.894. The van der Waals surface area contributed by atoms with Crippen molar-refractivity contribution >= 4 is 44.8 Å². The third kappa shape index (κ3) is 4.36. The lowest BCUT2D eigenvalue weighted by Crippen LogP contribution is -2.29. The molecule has 0 saturated heterocycles. The van der Waals surface area contributed by atoms with Crippen molar-refractivity contribution in [1.29, 1.82) is 0 Å². The number of hydrogen-bond donors (Lipinski definition) is 2. The van der Waals surface area contributed by atoms with E-state index in [1.165, 1.54) is 24.3 Å². The first-order chi connectivity index (χ1) is 10.9. The highest BCUT2D eigenvalue weighted by molar-refractivity contribution is 9.10. The quantitative estimate of drug-likeness (QED) is 0.486. The highest BCUT2D eigenvalue weighted by Crippen LogP contribution is 2.20. The van der Waals surface area contributed by atoms with Crippen LogP contribution in [0.3, 0.4) is 0 Å². The second-order valence-electron chi connectivity index (χ2n) is 4.68. The molecule has 2 aromatic rings. The van der Waals surface area contributed by atoms with Crippen molar-refractivity contribution in [2.24, 2.45) is 0 Å². The van der Waals surface area contributed by atoms with E-state index in [9.17, 15) is 19.7 Å². The van der Waals surface area contributed by atoms with E-state index < -0.39 is 16.7 Å². The molecule has 0 aliphatic rings. The number of rotatable bonds is 3. The van der Waals surface area contributed by atoms with E-state index in [-0.39, 0.29) is 5.69 Å². The maximum Gasteiger partial charge on any atom is 0.314 e. The molecule has 8 heteroatoms. The minimum absolute atomic E-state index is 0.0993. The fraction of sp³-hybridized carbons (Fsp3) is 0.0667. The Bertz CT molecular complexity index is 775. The SMILES string of the molecule is Cc1cc(NC(=O)C(=O)Nc2ccc([N+](=O)[O-])cc2)ccc1Br. The summed E-state index contributed by atoms with van der Waals surface area (Å²) in [6.07, 6.45) is 0. The lowest BCUT2D eigenvalue weighted by atomic mass is 10.2. The largest absolute Gasteiger partial charge is 0.318 e. The lowest BCUT2D eigenvalue weighted by Gasteiger charge is -2.08. The van der Waals surface area contributed by atoms with Gasteiger partial charge in [0.2, 0.25) is 0 Å². The number of carbonyl (C=O) groups is 2. The predicted octanol–water partition coefficient (Wildman–Crippen LogP) is 3.24. The van der Waals surface area contributed by atoms with Gasteiger partial charge in [0.1, 0.15) is 0 Å². The summed E-state index contributed by atoms with van der Waals surface area (Å²) in [5, 5.41) is 15.4. The van der Waals surface area contributed by atoms with Gasteiger partial charge < -0.3 is 10.6 Å².